The fraction of sp³-hybridized carbons (Fsp3) is 0.214. The molecule has 0 bridgehead atoms. The third kappa shape index (κ3) is 2.66. The summed E-state index contributed by atoms with van der Waals surface area (Å²) in [5.41, 5.74) is 7.51. The molecule has 0 unspecified atom stereocenters. The molecule has 7 nitrogen and oxygen atoms in total. The van der Waals surface area contributed by atoms with Gasteiger partial charge in [-0.3, -0.25) is 9.59 Å². The summed E-state index contributed by atoms with van der Waals surface area (Å²) in [4.78, 5) is 28.9. The molecule has 8 heteroatoms. The van der Waals surface area contributed by atoms with Gasteiger partial charge in [-0.2, -0.15) is 0 Å². The van der Waals surface area contributed by atoms with Crippen LogP contribution in [0.15, 0.2) is 23.6 Å². The van der Waals surface area contributed by atoms with Crippen LogP contribution in [-0.2, 0) is 9.59 Å². The Labute approximate surface area is 130 Å². The van der Waals surface area contributed by atoms with Crippen molar-refractivity contribution in [2.45, 2.75) is 0 Å². The monoisotopic (exact) mass is 318 g/mol. The van der Waals surface area contributed by atoms with E-state index in [4.69, 9.17) is 10.5 Å². The Hall–Kier alpha value is -2.45. The molecule has 0 atom stereocenters. The van der Waals surface area contributed by atoms with Crippen LogP contribution in [-0.4, -0.2) is 37.0 Å². The van der Waals surface area contributed by atoms with Crippen LogP contribution in [0.4, 0.5) is 10.8 Å². The van der Waals surface area contributed by atoms with E-state index >= 15 is 0 Å². The van der Waals surface area contributed by atoms with Crippen LogP contribution in [0, 0.1) is 0 Å². The quantitative estimate of drug-likeness (QED) is 0.882. The van der Waals surface area contributed by atoms with Gasteiger partial charge < -0.3 is 20.7 Å². The molecule has 0 radical (unpaired) electrons. The number of nitrogens with two attached hydrogens (primary N) is 1. The van der Waals surface area contributed by atoms with Crippen molar-refractivity contribution in [3.8, 4) is 17.0 Å². The van der Waals surface area contributed by atoms with Crippen LogP contribution >= 0.6 is 11.3 Å². The Morgan fingerprint density at radius 2 is 2.36 bits per heavy atom. The first-order valence-corrected chi connectivity index (χ1v) is 7.45. The second-order valence-corrected chi connectivity index (χ2v) is 5.57. The molecule has 3 rings (SSSR count). The molecular formula is C14H14N4O3S. The molecule has 0 fully saturated rings. The molecule has 2 heterocycles. The standard InChI is InChI=1S/C14H14N4O3S/c1-18-10-4-8(2-3-11(10)21-6-13(18)20)9-7-22-14(16-9)17-12(19)5-15/h2-4,7H,5-6,15H2,1H3,(H,16,17,19). The lowest BCUT2D eigenvalue weighted by atomic mass is 10.1. The summed E-state index contributed by atoms with van der Waals surface area (Å²) in [6, 6.07) is 5.52. The summed E-state index contributed by atoms with van der Waals surface area (Å²) in [5.74, 6) is 0.279. The summed E-state index contributed by atoms with van der Waals surface area (Å²) in [7, 11) is 1.71. The van der Waals surface area contributed by atoms with Gasteiger partial charge in [-0.05, 0) is 18.2 Å². The van der Waals surface area contributed by atoms with Gasteiger partial charge in [0.15, 0.2) is 11.7 Å². The number of amides is 2. The zero-order valence-corrected chi connectivity index (χ0v) is 12.6. The summed E-state index contributed by atoms with van der Waals surface area (Å²) >= 11 is 1.32. The van der Waals surface area contributed by atoms with Gasteiger partial charge in [-0.25, -0.2) is 4.98 Å². The number of anilines is 2. The molecule has 22 heavy (non-hydrogen) atoms. The maximum atomic E-state index is 11.7. The Bertz CT molecular complexity index is 743. The number of nitrogens with zero attached hydrogens (tertiary/aromatic N) is 2. The number of likely N-dealkylation sites (N-methyl/N-ethyl adjacent to an activating group) is 1. The number of nitrogens with one attached hydrogen (secondary N) is 1. The van der Waals surface area contributed by atoms with E-state index < -0.39 is 0 Å². The first kappa shape index (κ1) is 14.5. The van der Waals surface area contributed by atoms with Crippen molar-refractivity contribution in [1.82, 2.24) is 4.98 Å². The number of carbonyl (C=O) groups excluding carboxylic acids is 2. The predicted octanol–water partition coefficient (Wildman–Crippen LogP) is 1.06. The minimum Gasteiger partial charge on any atom is -0.482 e. The van der Waals surface area contributed by atoms with E-state index in [2.05, 4.69) is 10.3 Å². The molecule has 2 aromatic rings. The van der Waals surface area contributed by atoms with Crippen LogP contribution < -0.4 is 20.7 Å². The summed E-state index contributed by atoms with van der Waals surface area (Å²) in [6.45, 7) is -0.0349. The summed E-state index contributed by atoms with van der Waals surface area (Å²) in [6.07, 6.45) is 0. The smallest absolute Gasteiger partial charge is 0.264 e. The van der Waals surface area contributed by atoms with Crippen molar-refractivity contribution in [2.24, 2.45) is 5.73 Å². The molecule has 0 saturated carbocycles. The van der Waals surface area contributed by atoms with Gasteiger partial charge in [0.1, 0.15) is 5.75 Å². The number of ether oxygens (including phenoxy) is 1. The molecular weight excluding hydrogens is 304 g/mol. The zero-order chi connectivity index (χ0) is 15.7. The van der Waals surface area contributed by atoms with Crippen LogP contribution in [0.3, 0.4) is 0 Å². The first-order chi connectivity index (χ1) is 10.6. The second-order valence-electron chi connectivity index (χ2n) is 4.71. The highest BCUT2D eigenvalue weighted by atomic mass is 32.1. The number of hydrogen-bond acceptors (Lipinski definition) is 6. The van der Waals surface area contributed by atoms with Crippen LogP contribution in [0.2, 0.25) is 0 Å². The summed E-state index contributed by atoms with van der Waals surface area (Å²) in [5, 5.41) is 4.94. The van der Waals surface area contributed by atoms with Gasteiger partial charge in [0.05, 0.1) is 17.9 Å². The van der Waals surface area contributed by atoms with Crippen molar-refractivity contribution in [2.75, 3.05) is 30.4 Å². The number of fused-ring (bicyclic) bond motifs is 1. The number of hydrogen-bond donors (Lipinski definition) is 2. The van der Waals surface area contributed by atoms with Crippen molar-refractivity contribution < 1.29 is 14.3 Å². The lowest BCUT2D eigenvalue weighted by molar-refractivity contribution is -0.121. The fourth-order valence-electron chi connectivity index (χ4n) is 2.07. The largest absolute Gasteiger partial charge is 0.482 e. The van der Waals surface area contributed by atoms with Gasteiger partial charge in [0, 0.05) is 18.0 Å². The number of thiazole rings is 1. The Kier molecular flexibility index (Phi) is 3.78. The maximum absolute atomic E-state index is 11.7. The Balaban J connectivity index is 1.90. The van der Waals surface area contributed by atoms with Crippen molar-refractivity contribution in [3.05, 3.63) is 23.6 Å². The first-order valence-electron chi connectivity index (χ1n) is 6.57. The Morgan fingerprint density at radius 3 is 3.14 bits per heavy atom. The van der Waals surface area contributed by atoms with E-state index in [0.29, 0.717) is 22.3 Å². The van der Waals surface area contributed by atoms with Gasteiger partial charge in [-0.1, -0.05) is 0 Å². The normalized spacial score (nSPS) is 13.5. The zero-order valence-electron chi connectivity index (χ0n) is 11.8. The molecule has 2 amide bonds. The lowest BCUT2D eigenvalue weighted by Crippen LogP contribution is -2.35. The fourth-order valence-corrected chi connectivity index (χ4v) is 2.80. The highest BCUT2D eigenvalue weighted by Crippen LogP contribution is 2.36. The average molecular weight is 318 g/mol. The minimum absolute atomic E-state index is 0.0504. The van der Waals surface area contributed by atoms with Gasteiger partial charge in [0.25, 0.3) is 5.91 Å². The second kappa shape index (κ2) is 5.74. The van der Waals surface area contributed by atoms with Crippen molar-refractivity contribution in [3.63, 3.8) is 0 Å². The van der Waals surface area contributed by atoms with Gasteiger partial charge in [0.2, 0.25) is 5.91 Å². The van der Waals surface area contributed by atoms with Gasteiger partial charge >= 0.3 is 0 Å². The van der Waals surface area contributed by atoms with E-state index in [1.54, 1.807) is 11.9 Å². The SMILES string of the molecule is CN1C(=O)COc2ccc(-c3csc(NC(=O)CN)n3)cc21. The summed E-state index contributed by atoms with van der Waals surface area (Å²) < 4.78 is 5.39. The van der Waals surface area contributed by atoms with Crippen LogP contribution in [0.5, 0.6) is 5.75 Å². The predicted molar refractivity (Wildman–Crippen MR) is 84.1 cm³/mol. The molecule has 0 aliphatic carbocycles. The molecule has 1 aliphatic heterocycles. The number of benzene rings is 1. The average Bonchev–Trinajstić information content (AvgIpc) is 2.99. The van der Waals surface area contributed by atoms with E-state index in [-0.39, 0.29) is 25.0 Å². The molecule has 1 aromatic heterocycles. The molecule has 3 N–H and O–H groups in total. The number of carbonyl (C=O) groups is 2. The minimum atomic E-state index is -0.287. The van der Waals surface area contributed by atoms with Crippen LogP contribution in [0.1, 0.15) is 0 Å². The third-order valence-electron chi connectivity index (χ3n) is 3.28. The highest BCUT2D eigenvalue weighted by Gasteiger charge is 2.22. The topological polar surface area (TPSA) is 97.5 Å². The van der Waals surface area contributed by atoms with E-state index in [1.165, 1.54) is 11.3 Å². The molecule has 1 aliphatic rings. The van der Waals surface area contributed by atoms with E-state index in [1.807, 2.05) is 23.6 Å². The maximum Gasteiger partial charge on any atom is 0.264 e. The van der Waals surface area contributed by atoms with E-state index in [9.17, 15) is 9.59 Å². The molecule has 0 saturated heterocycles. The van der Waals surface area contributed by atoms with Crippen molar-refractivity contribution >= 4 is 34.0 Å². The molecule has 114 valence electrons. The highest BCUT2D eigenvalue weighted by molar-refractivity contribution is 7.14. The molecule has 1 aromatic carbocycles. The lowest BCUT2D eigenvalue weighted by Gasteiger charge is -2.26. The Morgan fingerprint density at radius 1 is 1.55 bits per heavy atom. The van der Waals surface area contributed by atoms with Gasteiger partial charge in [-0.15, -0.1) is 11.3 Å². The van der Waals surface area contributed by atoms with Crippen molar-refractivity contribution in [1.29, 1.82) is 0 Å². The third-order valence-corrected chi connectivity index (χ3v) is 4.03. The number of rotatable bonds is 3. The number of aromatic nitrogens is 1. The van der Waals surface area contributed by atoms with E-state index in [0.717, 1.165) is 5.56 Å². The van der Waals surface area contributed by atoms with Crippen LogP contribution in [0.25, 0.3) is 11.3 Å². The molecule has 0 spiro atoms.